The van der Waals surface area contributed by atoms with Crippen molar-refractivity contribution in [2.45, 2.75) is 52.0 Å². The quantitative estimate of drug-likeness (QED) is 0.582. The van der Waals surface area contributed by atoms with Gasteiger partial charge in [-0.15, -0.1) is 0 Å². The molecule has 0 aromatic rings. The second-order valence-electron chi connectivity index (χ2n) is 5.22. The van der Waals surface area contributed by atoms with Crippen LogP contribution >= 0.6 is 11.8 Å². The Bertz CT molecular complexity index is 158. The maximum Gasteiger partial charge on any atom is 0.0610 e. The molecule has 0 saturated carbocycles. The van der Waals surface area contributed by atoms with Crippen LogP contribution in [0.25, 0.3) is 0 Å². The molecule has 2 nitrogen and oxygen atoms in total. The lowest BCUT2D eigenvalue weighted by Crippen LogP contribution is -2.43. The van der Waals surface area contributed by atoms with Gasteiger partial charge < -0.3 is 10.4 Å². The van der Waals surface area contributed by atoms with Crippen LogP contribution in [-0.2, 0) is 0 Å². The van der Waals surface area contributed by atoms with Crippen molar-refractivity contribution in [1.29, 1.82) is 0 Å². The highest BCUT2D eigenvalue weighted by Gasteiger charge is 2.19. The van der Waals surface area contributed by atoms with Crippen LogP contribution in [0.2, 0.25) is 0 Å². The third-order valence-electron chi connectivity index (χ3n) is 3.06. The summed E-state index contributed by atoms with van der Waals surface area (Å²) in [5, 5.41) is 12.4. The molecular formula is C13H29NOS. The highest BCUT2D eigenvalue weighted by atomic mass is 32.2. The summed E-state index contributed by atoms with van der Waals surface area (Å²) in [7, 11) is 1.92. The lowest BCUT2D eigenvalue weighted by atomic mass is 9.96. The van der Waals surface area contributed by atoms with Gasteiger partial charge in [-0.2, -0.15) is 11.8 Å². The predicted molar refractivity (Wildman–Crippen MR) is 75.2 cm³/mol. The molecule has 0 bridgehead atoms. The van der Waals surface area contributed by atoms with E-state index in [1.807, 2.05) is 7.05 Å². The highest BCUT2D eigenvalue weighted by molar-refractivity contribution is 7.99. The van der Waals surface area contributed by atoms with Crippen molar-refractivity contribution in [3.8, 4) is 0 Å². The molecule has 0 saturated heterocycles. The van der Waals surface area contributed by atoms with Crippen LogP contribution in [0, 0.1) is 5.92 Å². The molecule has 1 unspecified atom stereocenters. The lowest BCUT2D eigenvalue weighted by Gasteiger charge is -2.26. The molecule has 0 fully saturated rings. The molecule has 0 aliphatic heterocycles. The summed E-state index contributed by atoms with van der Waals surface area (Å²) in [4.78, 5) is 0. The van der Waals surface area contributed by atoms with E-state index in [0.717, 1.165) is 12.3 Å². The van der Waals surface area contributed by atoms with Crippen LogP contribution in [0.15, 0.2) is 0 Å². The van der Waals surface area contributed by atoms with Gasteiger partial charge in [0.15, 0.2) is 0 Å². The number of aliphatic hydroxyl groups is 1. The van der Waals surface area contributed by atoms with Gasteiger partial charge in [-0.25, -0.2) is 0 Å². The topological polar surface area (TPSA) is 32.3 Å². The van der Waals surface area contributed by atoms with Gasteiger partial charge in [0.1, 0.15) is 0 Å². The third kappa shape index (κ3) is 8.43. The van der Waals surface area contributed by atoms with E-state index in [-0.39, 0.29) is 12.1 Å². The van der Waals surface area contributed by atoms with Gasteiger partial charge in [-0.05, 0) is 50.7 Å². The van der Waals surface area contributed by atoms with Crippen molar-refractivity contribution >= 4 is 11.8 Å². The third-order valence-corrected chi connectivity index (χ3v) is 4.16. The van der Waals surface area contributed by atoms with Gasteiger partial charge in [0.2, 0.25) is 0 Å². The first-order valence-corrected chi connectivity index (χ1v) is 7.57. The second kappa shape index (κ2) is 9.32. The Morgan fingerprint density at radius 1 is 1.25 bits per heavy atom. The number of hydrogen-bond acceptors (Lipinski definition) is 3. The summed E-state index contributed by atoms with van der Waals surface area (Å²) in [6, 6.07) is 0. The predicted octanol–water partition coefficient (Wildman–Crippen LogP) is 2.91. The minimum atomic E-state index is -0.0808. The van der Waals surface area contributed by atoms with E-state index in [1.165, 1.54) is 30.8 Å². The summed E-state index contributed by atoms with van der Waals surface area (Å²) < 4.78 is 0. The fourth-order valence-electron chi connectivity index (χ4n) is 1.42. The number of likely N-dealkylation sites (N-methyl/N-ethyl adjacent to an activating group) is 1. The van der Waals surface area contributed by atoms with Crippen LogP contribution in [-0.4, -0.2) is 35.8 Å². The Hall–Kier alpha value is 0.270. The number of aliphatic hydroxyl groups excluding tert-OH is 1. The maximum atomic E-state index is 9.22. The summed E-state index contributed by atoms with van der Waals surface area (Å²) >= 11 is 2.06. The standard InChI is InChI=1S/C13H29NOS/c1-12(2)7-10-16-9-6-5-8-13(3,11-15)14-4/h12,14-15H,5-11H2,1-4H3. The van der Waals surface area contributed by atoms with Crippen LogP contribution in [0.3, 0.4) is 0 Å². The van der Waals surface area contributed by atoms with Crippen molar-refractivity contribution < 1.29 is 5.11 Å². The Balaban J connectivity index is 3.33. The molecule has 3 heteroatoms. The van der Waals surface area contributed by atoms with E-state index in [0.29, 0.717) is 0 Å². The van der Waals surface area contributed by atoms with E-state index in [9.17, 15) is 5.11 Å². The molecule has 0 aliphatic carbocycles. The number of unbranched alkanes of at least 4 members (excludes halogenated alkanes) is 1. The molecule has 16 heavy (non-hydrogen) atoms. The average Bonchev–Trinajstić information content (AvgIpc) is 2.27. The fourth-order valence-corrected chi connectivity index (χ4v) is 2.67. The zero-order valence-corrected chi connectivity index (χ0v) is 12.2. The largest absolute Gasteiger partial charge is 0.394 e. The van der Waals surface area contributed by atoms with Gasteiger partial charge in [-0.1, -0.05) is 20.3 Å². The zero-order chi connectivity index (χ0) is 12.4. The van der Waals surface area contributed by atoms with Gasteiger partial charge in [-0.3, -0.25) is 0 Å². The number of hydrogen-bond donors (Lipinski definition) is 2. The molecule has 0 rings (SSSR count). The Morgan fingerprint density at radius 2 is 1.94 bits per heavy atom. The molecular weight excluding hydrogens is 218 g/mol. The first kappa shape index (κ1) is 16.3. The fraction of sp³-hybridized carbons (Fsp3) is 1.00. The number of thioether (sulfide) groups is 1. The molecule has 0 spiro atoms. The van der Waals surface area contributed by atoms with Crippen molar-refractivity contribution in [3.05, 3.63) is 0 Å². The molecule has 98 valence electrons. The Morgan fingerprint density at radius 3 is 2.44 bits per heavy atom. The van der Waals surface area contributed by atoms with Gasteiger partial charge in [0.05, 0.1) is 6.61 Å². The van der Waals surface area contributed by atoms with Crippen LogP contribution in [0.1, 0.15) is 46.5 Å². The number of rotatable bonds is 10. The van der Waals surface area contributed by atoms with Gasteiger partial charge in [0, 0.05) is 5.54 Å². The maximum absolute atomic E-state index is 9.22. The van der Waals surface area contributed by atoms with Crippen LogP contribution < -0.4 is 5.32 Å². The van der Waals surface area contributed by atoms with Crippen LogP contribution in [0.5, 0.6) is 0 Å². The monoisotopic (exact) mass is 247 g/mol. The van der Waals surface area contributed by atoms with E-state index >= 15 is 0 Å². The van der Waals surface area contributed by atoms with Gasteiger partial charge in [0.25, 0.3) is 0 Å². The normalized spacial score (nSPS) is 15.4. The van der Waals surface area contributed by atoms with E-state index in [2.05, 4.69) is 37.8 Å². The second-order valence-corrected chi connectivity index (χ2v) is 6.45. The number of nitrogens with one attached hydrogen (secondary N) is 1. The molecule has 0 aromatic carbocycles. The Kier molecular flexibility index (Phi) is 9.47. The van der Waals surface area contributed by atoms with Crippen molar-refractivity contribution in [3.63, 3.8) is 0 Å². The molecule has 0 amide bonds. The smallest absolute Gasteiger partial charge is 0.0610 e. The zero-order valence-electron chi connectivity index (χ0n) is 11.4. The van der Waals surface area contributed by atoms with Crippen LogP contribution in [0.4, 0.5) is 0 Å². The summed E-state index contributed by atoms with van der Waals surface area (Å²) in [5.74, 6) is 3.38. The molecule has 1 atom stereocenters. The molecule has 0 aliphatic rings. The van der Waals surface area contributed by atoms with E-state index in [1.54, 1.807) is 0 Å². The van der Waals surface area contributed by atoms with E-state index in [4.69, 9.17) is 0 Å². The molecule has 0 heterocycles. The molecule has 0 radical (unpaired) electrons. The first-order chi connectivity index (χ1) is 7.54. The minimum absolute atomic E-state index is 0.0808. The summed E-state index contributed by atoms with van der Waals surface area (Å²) in [6.07, 6.45) is 4.85. The van der Waals surface area contributed by atoms with E-state index < -0.39 is 0 Å². The Labute approximate surface area is 106 Å². The minimum Gasteiger partial charge on any atom is -0.394 e. The van der Waals surface area contributed by atoms with Crippen molar-refractivity contribution in [2.24, 2.45) is 5.92 Å². The molecule has 0 aromatic heterocycles. The van der Waals surface area contributed by atoms with Gasteiger partial charge >= 0.3 is 0 Å². The van der Waals surface area contributed by atoms with Crippen molar-refractivity contribution in [1.82, 2.24) is 5.32 Å². The summed E-state index contributed by atoms with van der Waals surface area (Å²) in [6.45, 7) is 6.86. The average molecular weight is 247 g/mol. The SMILES string of the molecule is CNC(C)(CO)CCCCSCCC(C)C. The summed E-state index contributed by atoms with van der Waals surface area (Å²) in [5.41, 5.74) is -0.0808. The highest BCUT2D eigenvalue weighted by Crippen LogP contribution is 2.15. The van der Waals surface area contributed by atoms with Crippen molar-refractivity contribution in [2.75, 3.05) is 25.2 Å². The first-order valence-electron chi connectivity index (χ1n) is 6.41. The molecule has 2 N–H and O–H groups in total. The lowest BCUT2D eigenvalue weighted by molar-refractivity contribution is 0.171.